The summed E-state index contributed by atoms with van der Waals surface area (Å²) in [6.45, 7) is 6.26. The standard InChI is InChI=1S/C12H13N3/c1-7-6-15-11(13-7)5-4-10-8(2)9(3)14-12(10)15/h4-6,14H,1-3H3. The van der Waals surface area contributed by atoms with Crippen molar-refractivity contribution in [1.29, 1.82) is 0 Å². The Morgan fingerprint density at radius 1 is 1.20 bits per heavy atom. The molecule has 3 nitrogen and oxygen atoms in total. The number of fused-ring (bicyclic) bond motifs is 3. The largest absolute Gasteiger partial charge is 0.344 e. The predicted molar refractivity (Wildman–Crippen MR) is 61.3 cm³/mol. The second-order valence-corrected chi connectivity index (χ2v) is 4.08. The van der Waals surface area contributed by atoms with Crippen molar-refractivity contribution >= 4 is 16.7 Å². The molecule has 0 spiro atoms. The van der Waals surface area contributed by atoms with E-state index in [1.54, 1.807) is 0 Å². The summed E-state index contributed by atoms with van der Waals surface area (Å²) in [5, 5.41) is 1.28. The minimum Gasteiger partial charge on any atom is -0.344 e. The van der Waals surface area contributed by atoms with E-state index < -0.39 is 0 Å². The average molecular weight is 199 g/mol. The van der Waals surface area contributed by atoms with Crippen LogP contribution in [0.5, 0.6) is 0 Å². The summed E-state index contributed by atoms with van der Waals surface area (Å²) in [6, 6.07) is 4.20. The SMILES string of the molecule is Cc1cn2c(ccc3c(C)c(C)[nH]c32)n1. The first kappa shape index (κ1) is 8.53. The lowest BCUT2D eigenvalue weighted by molar-refractivity contribution is 1.17. The minimum atomic E-state index is 1.00. The van der Waals surface area contributed by atoms with Crippen LogP contribution in [0.3, 0.4) is 0 Å². The highest BCUT2D eigenvalue weighted by Crippen LogP contribution is 2.22. The third kappa shape index (κ3) is 1.03. The van der Waals surface area contributed by atoms with E-state index in [0.717, 1.165) is 17.0 Å². The maximum atomic E-state index is 4.45. The van der Waals surface area contributed by atoms with E-state index in [4.69, 9.17) is 0 Å². The van der Waals surface area contributed by atoms with Crippen molar-refractivity contribution in [1.82, 2.24) is 14.4 Å². The molecular formula is C12H13N3. The third-order valence-electron chi connectivity index (χ3n) is 3.02. The summed E-state index contributed by atoms with van der Waals surface area (Å²) in [6.07, 6.45) is 2.06. The molecule has 3 aromatic rings. The highest BCUT2D eigenvalue weighted by molar-refractivity contribution is 5.84. The van der Waals surface area contributed by atoms with Gasteiger partial charge in [0.2, 0.25) is 0 Å². The summed E-state index contributed by atoms with van der Waals surface area (Å²) in [5.74, 6) is 0. The topological polar surface area (TPSA) is 33.1 Å². The van der Waals surface area contributed by atoms with Crippen LogP contribution in [-0.4, -0.2) is 14.4 Å². The highest BCUT2D eigenvalue weighted by Gasteiger charge is 2.08. The second kappa shape index (κ2) is 2.63. The fourth-order valence-electron chi connectivity index (χ4n) is 2.08. The number of pyridine rings is 1. The Balaban J connectivity index is 2.59. The number of nitrogens with one attached hydrogen (secondary N) is 1. The van der Waals surface area contributed by atoms with Crippen LogP contribution in [0.2, 0.25) is 0 Å². The first-order valence-electron chi connectivity index (χ1n) is 5.10. The summed E-state index contributed by atoms with van der Waals surface area (Å²) < 4.78 is 2.12. The van der Waals surface area contributed by atoms with Crippen molar-refractivity contribution in [3.8, 4) is 0 Å². The van der Waals surface area contributed by atoms with Crippen LogP contribution >= 0.6 is 0 Å². The van der Waals surface area contributed by atoms with Gasteiger partial charge in [0, 0.05) is 17.3 Å². The van der Waals surface area contributed by atoms with Crippen LogP contribution in [0.4, 0.5) is 0 Å². The van der Waals surface area contributed by atoms with E-state index in [9.17, 15) is 0 Å². The predicted octanol–water partition coefficient (Wildman–Crippen LogP) is 2.74. The molecular weight excluding hydrogens is 186 g/mol. The van der Waals surface area contributed by atoms with E-state index >= 15 is 0 Å². The Labute approximate surface area is 87.8 Å². The van der Waals surface area contributed by atoms with Crippen molar-refractivity contribution in [3.05, 3.63) is 35.3 Å². The van der Waals surface area contributed by atoms with Gasteiger partial charge in [0.15, 0.2) is 0 Å². The molecule has 0 fully saturated rings. The van der Waals surface area contributed by atoms with Gasteiger partial charge in [0.1, 0.15) is 11.3 Å². The lowest BCUT2D eigenvalue weighted by Crippen LogP contribution is -1.85. The Morgan fingerprint density at radius 3 is 2.80 bits per heavy atom. The van der Waals surface area contributed by atoms with Crippen LogP contribution in [-0.2, 0) is 0 Å². The van der Waals surface area contributed by atoms with Crippen LogP contribution in [0.1, 0.15) is 17.0 Å². The van der Waals surface area contributed by atoms with Crippen molar-refractivity contribution in [2.24, 2.45) is 0 Å². The number of aromatic nitrogens is 3. The number of aromatic amines is 1. The molecule has 0 aliphatic rings. The second-order valence-electron chi connectivity index (χ2n) is 4.08. The minimum absolute atomic E-state index is 1.00. The van der Waals surface area contributed by atoms with Gasteiger partial charge in [-0.1, -0.05) is 0 Å². The van der Waals surface area contributed by atoms with Crippen molar-refractivity contribution < 1.29 is 0 Å². The zero-order valence-corrected chi connectivity index (χ0v) is 9.13. The number of H-pyrrole nitrogens is 1. The molecule has 15 heavy (non-hydrogen) atoms. The molecule has 0 aliphatic carbocycles. The average Bonchev–Trinajstić information content (AvgIpc) is 2.69. The van der Waals surface area contributed by atoms with Gasteiger partial charge in [0.25, 0.3) is 0 Å². The molecule has 1 N–H and O–H groups in total. The van der Waals surface area contributed by atoms with Gasteiger partial charge in [-0.2, -0.15) is 0 Å². The van der Waals surface area contributed by atoms with Crippen molar-refractivity contribution in [3.63, 3.8) is 0 Å². The number of imidazole rings is 1. The van der Waals surface area contributed by atoms with Crippen LogP contribution in [0.15, 0.2) is 18.3 Å². The van der Waals surface area contributed by atoms with Crippen LogP contribution in [0.25, 0.3) is 16.7 Å². The van der Waals surface area contributed by atoms with E-state index in [0.29, 0.717) is 0 Å². The Kier molecular flexibility index (Phi) is 1.49. The molecule has 0 radical (unpaired) electrons. The summed E-state index contributed by atoms with van der Waals surface area (Å²) in [5.41, 5.74) is 5.74. The smallest absolute Gasteiger partial charge is 0.138 e. The summed E-state index contributed by atoms with van der Waals surface area (Å²) >= 11 is 0. The number of nitrogens with zero attached hydrogens (tertiary/aromatic N) is 2. The number of hydrogen-bond donors (Lipinski definition) is 1. The summed E-state index contributed by atoms with van der Waals surface area (Å²) in [4.78, 5) is 7.85. The van der Waals surface area contributed by atoms with Gasteiger partial charge in [-0.15, -0.1) is 0 Å². The third-order valence-corrected chi connectivity index (χ3v) is 3.02. The van der Waals surface area contributed by atoms with Gasteiger partial charge in [0.05, 0.1) is 5.69 Å². The lowest BCUT2D eigenvalue weighted by atomic mass is 10.2. The first-order valence-corrected chi connectivity index (χ1v) is 5.10. The van der Waals surface area contributed by atoms with Crippen molar-refractivity contribution in [2.45, 2.75) is 20.8 Å². The van der Waals surface area contributed by atoms with Crippen molar-refractivity contribution in [2.75, 3.05) is 0 Å². The van der Waals surface area contributed by atoms with Gasteiger partial charge < -0.3 is 4.98 Å². The van der Waals surface area contributed by atoms with E-state index in [1.165, 1.54) is 16.6 Å². The quantitative estimate of drug-likeness (QED) is 0.593. The van der Waals surface area contributed by atoms with E-state index in [1.807, 2.05) is 6.92 Å². The molecule has 76 valence electrons. The monoisotopic (exact) mass is 199 g/mol. The molecule has 0 amide bonds. The zero-order chi connectivity index (χ0) is 10.6. The lowest BCUT2D eigenvalue weighted by Gasteiger charge is -1.95. The molecule has 3 heteroatoms. The van der Waals surface area contributed by atoms with Crippen LogP contribution < -0.4 is 0 Å². The Morgan fingerprint density at radius 2 is 2.00 bits per heavy atom. The Hall–Kier alpha value is -1.77. The van der Waals surface area contributed by atoms with Gasteiger partial charge in [-0.05, 0) is 38.5 Å². The maximum absolute atomic E-state index is 4.45. The zero-order valence-electron chi connectivity index (χ0n) is 9.13. The molecule has 0 saturated carbocycles. The molecule has 0 atom stereocenters. The maximum Gasteiger partial charge on any atom is 0.138 e. The molecule has 0 aromatic carbocycles. The Bertz CT molecular complexity index is 658. The molecule has 0 unspecified atom stereocenters. The fourth-order valence-corrected chi connectivity index (χ4v) is 2.08. The van der Waals surface area contributed by atoms with Gasteiger partial charge in [-0.25, -0.2) is 4.98 Å². The van der Waals surface area contributed by atoms with Gasteiger partial charge in [-0.3, -0.25) is 4.40 Å². The van der Waals surface area contributed by atoms with Crippen LogP contribution in [0, 0.1) is 20.8 Å². The normalized spacial score (nSPS) is 11.7. The molecule has 0 bridgehead atoms. The molecule has 3 rings (SSSR count). The fraction of sp³-hybridized carbons (Fsp3) is 0.250. The molecule has 0 saturated heterocycles. The summed E-state index contributed by atoms with van der Waals surface area (Å²) in [7, 11) is 0. The highest BCUT2D eigenvalue weighted by atomic mass is 15.0. The molecule has 3 aromatic heterocycles. The molecule has 0 aliphatic heterocycles. The number of rotatable bonds is 0. The van der Waals surface area contributed by atoms with Gasteiger partial charge >= 0.3 is 0 Å². The van der Waals surface area contributed by atoms with E-state index in [-0.39, 0.29) is 0 Å². The first-order chi connectivity index (χ1) is 7.16. The number of hydrogen-bond acceptors (Lipinski definition) is 1. The number of aryl methyl sites for hydroxylation is 3. The van der Waals surface area contributed by atoms with E-state index in [2.05, 4.69) is 46.5 Å². The molecule has 3 heterocycles.